The summed E-state index contributed by atoms with van der Waals surface area (Å²) in [5.41, 5.74) is -0.314. The summed E-state index contributed by atoms with van der Waals surface area (Å²) in [5.74, 6) is 0. The van der Waals surface area contributed by atoms with Crippen molar-refractivity contribution in [2.75, 3.05) is 32.7 Å². The van der Waals surface area contributed by atoms with E-state index in [9.17, 15) is 5.11 Å². The molecule has 1 atom stereocenters. The average Bonchev–Trinajstić information content (AvgIpc) is 2.27. The van der Waals surface area contributed by atoms with Crippen LogP contribution < -0.4 is 5.32 Å². The highest BCUT2D eigenvalue weighted by Crippen LogP contribution is 2.24. The zero-order chi connectivity index (χ0) is 14.9. The standard InChI is InChI=1S/C16H36N2O/c1-7-10-16(6,12-17-11-8-2)14-18(9-3)13-15(4,5)19/h17,19H,7-14H2,1-6H3. The van der Waals surface area contributed by atoms with Crippen molar-refractivity contribution in [3.63, 3.8) is 0 Å². The first-order chi connectivity index (χ1) is 8.76. The summed E-state index contributed by atoms with van der Waals surface area (Å²) in [5, 5.41) is 13.6. The third-order valence-electron chi connectivity index (χ3n) is 3.50. The maximum atomic E-state index is 10.0. The van der Waals surface area contributed by atoms with Gasteiger partial charge in [0.15, 0.2) is 0 Å². The summed E-state index contributed by atoms with van der Waals surface area (Å²) in [6, 6.07) is 0. The van der Waals surface area contributed by atoms with Crippen LogP contribution >= 0.6 is 0 Å². The second kappa shape index (κ2) is 8.93. The Morgan fingerprint density at radius 2 is 1.63 bits per heavy atom. The fourth-order valence-electron chi connectivity index (χ4n) is 2.76. The van der Waals surface area contributed by atoms with Crippen LogP contribution in [0.3, 0.4) is 0 Å². The first kappa shape index (κ1) is 18.9. The molecule has 1 unspecified atom stereocenters. The fraction of sp³-hybridized carbons (Fsp3) is 1.00. The van der Waals surface area contributed by atoms with Gasteiger partial charge < -0.3 is 15.3 Å². The van der Waals surface area contributed by atoms with Gasteiger partial charge in [-0.1, -0.05) is 34.1 Å². The van der Waals surface area contributed by atoms with Crippen LogP contribution in [0.1, 0.15) is 60.8 Å². The van der Waals surface area contributed by atoms with Gasteiger partial charge in [-0.2, -0.15) is 0 Å². The minimum absolute atomic E-state index is 0.297. The Bertz CT molecular complexity index is 225. The summed E-state index contributed by atoms with van der Waals surface area (Å²) in [6.07, 6.45) is 3.62. The Morgan fingerprint density at radius 1 is 1.00 bits per heavy atom. The summed E-state index contributed by atoms with van der Waals surface area (Å²) < 4.78 is 0. The van der Waals surface area contributed by atoms with E-state index in [1.807, 2.05) is 13.8 Å². The fourth-order valence-corrected chi connectivity index (χ4v) is 2.76. The van der Waals surface area contributed by atoms with Gasteiger partial charge >= 0.3 is 0 Å². The quantitative estimate of drug-likeness (QED) is 0.568. The smallest absolute Gasteiger partial charge is 0.0718 e. The van der Waals surface area contributed by atoms with Gasteiger partial charge in [0.05, 0.1) is 5.60 Å². The monoisotopic (exact) mass is 272 g/mol. The second-order valence-corrected chi connectivity index (χ2v) is 6.85. The summed E-state index contributed by atoms with van der Waals surface area (Å²) in [4.78, 5) is 2.38. The Kier molecular flexibility index (Phi) is 8.88. The van der Waals surface area contributed by atoms with E-state index in [1.54, 1.807) is 0 Å². The molecule has 0 rings (SSSR count). The molecule has 0 amide bonds. The molecule has 0 radical (unpaired) electrons. The summed E-state index contributed by atoms with van der Waals surface area (Å²) >= 11 is 0. The molecule has 3 nitrogen and oxygen atoms in total. The summed E-state index contributed by atoms with van der Waals surface area (Å²) in [7, 11) is 0. The van der Waals surface area contributed by atoms with E-state index in [0.717, 1.165) is 32.7 Å². The predicted octanol–water partition coefficient (Wildman–Crippen LogP) is 2.89. The van der Waals surface area contributed by atoms with Crippen molar-refractivity contribution >= 4 is 0 Å². The van der Waals surface area contributed by atoms with Gasteiger partial charge in [0.1, 0.15) is 0 Å². The molecule has 3 heteroatoms. The Hall–Kier alpha value is -0.120. The zero-order valence-electron chi connectivity index (χ0n) is 14.1. The molecule has 0 heterocycles. The molecule has 0 bridgehead atoms. The number of hydrogen-bond donors (Lipinski definition) is 2. The lowest BCUT2D eigenvalue weighted by atomic mass is 9.84. The third kappa shape index (κ3) is 9.42. The molecule has 0 fully saturated rings. The van der Waals surface area contributed by atoms with Crippen LogP contribution in [0.5, 0.6) is 0 Å². The lowest BCUT2D eigenvalue weighted by Gasteiger charge is -2.37. The molecule has 116 valence electrons. The molecule has 2 N–H and O–H groups in total. The van der Waals surface area contributed by atoms with Gasteiger partial charge in [-0.15, -0.1) is 0 Å². The number of aliphatic hydroxyl groups is 1. The zero-order valence-corrected chi connectivity index (χ0v) is 14.1. The number of hydrogen-bond acceptors (Lipinski definition) is 3. The second-order valence-electron chi connectivity index (χ2n) is 6.85. The van der Waals surface area contributed by atoms with Crippen molar-refractivity contribution in [2.24, 2.45) is 5.41 Å². The van der Waals surface area contributed by atoms with E-state index in [2.05, 4.69) is 37.9 Å². The molecule has 0 aromatic rings. The molecule has 0 aliphatic carbocycles. The Balaban J connectivity index is 4.50. The molecule has 0 saturated carbocycles. The first-order valence-electron chi connectivity index (χ1n) is 7.91. The van der Waals surface area contributed by atoms with E-state index < -0.39 is 5.60 Å². The SMILES string of the molecule is CCCNCC(C)(CCC)CN(CC)CC(C)(C)O. The highest BCUT2D eigenvalue weighted by atomic mass is 16.3. The lowest BCUT2D eigenvalue weighted by molar-refractivity contribution is 0.0226. The minimum Gasteiger partial charge on any atom is -0.389 e. The summed E-state index contributed by atoms with van der Waals surface area (Å²) in [6.45, 7) is 17.7. The van der Waals surface area contributed by atoms with Crippen LogP contribution in [-0.4, -0.2) is 48.3 Å². The highest BCUT2D eigenvalue weighted by molar-refractivity contribution is 4.82. The van der Waals surface area contributed by atoms with Crippen molar-refractivity contribution in [1.29, 1.82) is 0 Å². The van der Waals surface area contributed by atoms with Gasteiger partial charge in [0.2, 0.25) is 0 Å². The highest BCUT2D eigenvalue weighted by Gasteiger charge is 2.27. The topological polar surface area (TPSA) is 35.5 Å². The molecule has 19 heavy (non-hydrogen) atoms. The minimum atomic E-state index is -0.611. The van der Waals surface area contributed by atoms with Gasteiger partial charge in [-0.3, -0.25) is 0 Å². The van der Waals surface area contributed by atoms with Crippen molar-refractivity contribution in [1.82, 2.24) is 10.2 Å². The number of nitrogens with zero attached hydrogens (tertiary/aromatic N) is 1. The number of nitrogens with one attached hydrogen (secondary N) is 1. The van der Waals surface area contributed by atoms with Gasteiger partial charge in [0, 0.05) is 19.6 Å². The largest absolute Gasteiger partial charge is 0.389 e. The molecule has 0 aliphatic heterocycles. The van der Waals surface area contributed by atoms with E-state index in [0.29, 0.717) is 5.41 Å². The van der Waals surface area contributed by atoms with E-state index >= 15 is 0 Å². The van der Waals surface area contributed by atoms with Crippen LogP contribution in [0.2, 0.25) is 0 Å². The maximum Gasteiger partial charge on any atom is 0.0718 e. The predicted molar refractivity (Wildman–Crippen MR) is 84.6 cm³/mol. The van der Waals surface area contributed by atoms with Gasteiger partial charge in [-0.05, 0) is 45.2 Å². The first-order valence-corrected chi connectivity index (χ1v) is 7.91. The molecular formula is C16H36N2O. The van der Waals surface area contributed by atoms with Crippen molar-refractivity contribution in [3.8, 4) is 0 Å². The van der Waals surface area contributed by atoms with Crippen LogP contribution in [0.15, 0.2) is 0 Å². The van der Waals surface area contributed by atoms with Crippen LogP contribution in [0, 0.1) is 5.41 Å². The van der Waals surface area contributed by atoms with E-state index in [1.165, 1.54) is 19.3 Å². The molecule has 0 aliphatic rings. The van der Waals surface area contributed by atoms with Crippen molar-refractivity contribution in [2.45, 2.75) is 66.4 Å². The molecule has 0 aromatic heterocycles. The molecule has 0 spiro atoms. The van der Waals surface area contributed by atoms with E-state index in [4.69, 9.17) is 0 Å². The van der Waals surface area contributed by atoms with E-state index in [-0.39, 0.29) is 0 Å². The average molecular weight is 272 g/mol. The van der Waals surface area contributed by atoms with Crippen molar-refractivity contribution in [3.05, 3.63) is 0 Å². The lowest BCUT2D eigenvalue weighted by Crippen LogP contribution is -2.47. The molecule has 0 saturated heterocycles. The van der Waals surface area contributed by atoms with Crippen molar-refractivity contribution < 1.29 is 5.11 Å². The Labute approximate surface area is 120 Å². The van der Waals surface area contributed by atoms with Crippen LogP contribution in [0.25, 0.3) is 0 Å². The number of likely N-dealkylation sites (N-methyl/N-ethyl adjacent to an activating group) is 1. The third-order valence-corrected chi connectivity index (χ3v) is 3.50. The molecular weight excluding hydrogens is 236 g/mol. The van der Waals surface area contributed by atoms with Gasteiger partial charge in [-0.25, -0.2) is 0 Å². The Morgan fingerprint density at radius 3 is 2.05 bits per heavy atom. The van der Waals surface area contributed by atoms with Crippen LogP contribution in [-0.2, 0) is 0 Å². The van der Waals surface area contributed by atoms with Crippen LogP contribution in [0.4, 0.5) is 0 Å². The maximum absolute atomic E-state index is 10.0. The molecule has 0 aromatic carbocycles. The van der Waals surface area contributed by atoms with Gasteiger partial charge in [0.25, 0.3) is 0 Å². The normalized spacial score (nSPS) is 15.8. The number of rotatable bonds is 11.